The van der Waals surface area contributed by atoms with Gasteiger partial charge in [0.1, 0.15) is 11.8 Å². The molecular formula is C16H18N2O4. The SMILES string of the molecule is CC(Oc1ccccc1C#N)C(=O)N1CCC[C@H](C(=O)O)C1. The largest absolute Gasteiger partial charge is 0.481 e. The zero-order valence-corrected chi connectivity index (χ0v) is 12.4. The number of nitriles is 1. The minimum atomic E-state index is -0.874. The molecule has 1 fully saturated rings. The highest BCUT2D eigenvalue weighted by Crippen LogP contribution is 2.21. The smallest absolute Gasteiger partial charge is 0.308 e. The summed E-state index contributed by atoms with van der Waals surface area (Å²) in [6, 6.07) is 8.72. The Labute approximate surface area is 128 Å². The van der Waals surface area contributed by atoms with Crippen molar-refractivity contribution in [3.8, 4) is 11.8 Å². The molecule has 0 aromatic heterocycles. The Bertz CT molecular complexity index is 608. The van der Waals surface area contributed by atoms with E-state index >= 15 is 0 Å². The van der Waals surface area contributed by atoms with Gasteiger partial charge in [0.15, 0.2) is 6.10 Å². The summed E-state index contributed by atoms with van der Waals surface area (Å²) in [4.78, 5) is 25.0. The van der Waals surface area contributed by atoms with Gasteiger partial charge in [-0.2, -0.15) is 5.26 Å². The van der Waals surface area contributed by atoms with Crippen LogP contribution in [-0.2, 0) is 9.59 Å². The van der Waals surface area contributed by atoms with Gasteiger partial charge in [-0.1, -0.05) is 12.1 Å². The molecule has 1 saturated heterocycles. The number of rotatable bonds is 4. The molecule has 1 aliphatic heterocycles. The van der Waals surface area contributed by atoms with Gasteiger partial charge in [-0.15, -0.1) is 0 Å². The molecule has 1 unspecified atom stereocenters. The molecular weight excluding hydrogens is 284 g/mol. The standard InChI is InChI=1S/C16H18N2O4/c1-11(22-14-7-3-2-5-12(14)9-17)15(19)18-8-4-6-13(10-18)16(20)21/h2-3,5,7,11,13H,4,6,8,10H2,1H3,(H,20,21)/t11?,13-/m0/s1. The number of likely N-dealkylation sites (tertiary alicyclic amines) is 1. The average Bonchev–Trinajstić information content (AvgIpc) is 2.54. The topological polar surface area (TPSA) is 90.6 Å². The van der Waals surface area contributed by atoms with E-state index in [0.717, 1.165) is 0 Å². The van der Waals surface area contributed by atoms with Crippen molar-refractivity contribution in [1.29, 1.82) is 5.26 Å². The molecule has 1 N–H and O–H groups in total. The zero-order chi connectivity index (χ0) is 16.1. The predicted molar refractivity (Wildman–Crippen MR) is 78.2 cm³/mol. The second-order valence-corrected chi connectivity index (χ2v) is 5.33. The van der Waals surface area contributed by atoms with E-state index in [-0.39, 0.29) is 12.5 Å². The average molecular weight is 302 g/mol. The van der Waals surface area contributed by atoms with E-state index in [0.29, 0.717) is 30.7 Å². The number of nitrogens with zero attached hydrogens (tertiary/aromatic N) is 2. The fourth-order valence-electron chi connectivity index (χ4n) is 2.54. The molecule has 1 heterocycles. The van der Waals surface area contributed by atoms with Crippen LogP contribution in [0.1, 0.15) is 25.3 Å². The number of para-hydroxylation sites is 1. The Kier molecular flexibility index (Phi) is 4.99. The van der Waals surface area contributed by atoms with Crippen LogP contribution in [0.3, 0.4) is 0 Å². The van der Waals surface area contributed by atoms with Crippen LogP contribution < -0.4 is 4.74 Å². The van der Waals surface area contributed by atoms with Gasteiger partial charge in [0, 0.05) is 13.1 Å². The molecule has 1 aromatic carbocycles. The molecule has 6 heteroatoms. The normalized spacial score (nSPS) is 19.1. The maximum atomic E-state index is 12.4. The first-order valence-electron chi connectivity index (χ1n) is 7.20. The van der Waals surface area contributed by atoms with Crippen LogP contribution >= 0.6 is 0 Å². The predicted octanol–water partition coefficient (Wildman–Crippen LogP) is 1.65. The lowest BCUT2D eigenvalue weighted by molar-refractivity contribution is -0.147. The summed E-state index contributed by atoms with van der Waals surface area (Å²) in [6.45, 7) is 2.36. The zero-order valence-electron chi connectivity index (χ0n) is 12.4. The fourth-order valence-corrected chi connectivity index (χ4v) is 2.54. The number of hydrogen-bond donors (Lipinski definition) is 1. The summed E-state index contributed by atoms with van der Waals surface area (Å²) < 4.78 is 5.59. The van der Waals surface area contributed by atoms with Crippen molar-refractivity contribution >= 4 is 11.9 Å². The molecule has 2 rings (SSSR count). The third-order valence-corrected chi connectivity index (χ3v) is 3.74. The third-order valence-electron chi connectivity index (χ3n) is 3.74. The quantitative estimate of drug-likeness (QED) is 0.913. The van der Waals surface area contributed by atoms with Crippen LogP contribution in [0.5, 0.6) is 5.75 Å². The molecule has 0 aliphatic carbocycles. The van der Waals surface area contributed by atoms with Gasteiger partial charge in [0.2, 0.25) is 0 Å². The Hall–Kier alpha value is -2.55. The van der Waals surface area contributed by atoms with E-state index in [1.54, 1.807) is 31.2 Å². The molecule has 2 atom stereocenters. The van der Waals surface area contributed by atoms with Gasteiger partial charge in [0.25, 0.3) is 5.91 Å². The molecule has 1 amide bonds. The number of aliphatic carboxylic acids is 1. The molecule has 0 radical (unpaired) electrons. The van der Waals surface area contributed by atoms with Crippen LogP contribution in [0, 0.1) is 17.2 Å². The monoisotopic (exact) mass is 302 g/mol. The summed E-state index contributed by atoms with van der Waals surface area (Å²) >= 11 is 0. The van der Waals surface area contributed by atoms with Gasteiger partial charge in [0.05, 0.1) is 11.5 Å². The van der Waals surface area contributed by atoms with Crippen molar-refractivity contribution in [2.24, 2.45) is 5.92 Å². The molecule has 0 saturated carbocycles. The number of carboxylic acid groups (broad SMARTS) is 1. The van der Waals surface area contributed by atoms with Gasteiger partial charge >= 0.3 is 5.97 Å². The van der Waals surface area contributed by atoms with E-state index in [4.69, 9.17) is 15.1 Å². The highest BCUT2D eigenvalue weighted by atomic mass is 16.5. The number of carboxylic acids is 1. The lowest BCUT2D eigenvalue weighted by atomic mass is 9.98. The summed E-state index contributed by atoms with van der Waals surface area (Å²) in [7, 11) is 0. The molecule has 116 valence electrons. The molecule has 1 aliphatic rings. The van der Waals surface area contributed by atoms with Crippen LogP contribution in [0.2, 0.25) is 0 Å². The summed E-state index contributed by atoms with van der Waals surface area (Å²) in [6.07, 6.45) is 0.498. The minimum Gasteiger partial charge on any atom is -0.481 e. The Morgan fingerprint density at radius 1 is 1.45 bits per heavy atom. The number of carbonyl (C=O) groups excluding carboxylic acids is 1. The van der Waals surface area contributed by atoms with E-state index in [1.807, 2.05) is 6.07 Å². The van der Waals surface area contributed by atoms with Crippen molar-refractivity contribution in [3.63, 3.8) is 0 Å². The number of piperidine rings is 1. The number of benzene rings is 1. The first-order chi connectivity index (χ1) is 10.5. The van der Waals surface area contributed by atoms with E-state index in [1.165, 1.54) is 4.90 Å². The van der Waals surface area contributed by atoms with Crippen molar-refractivity contribution in [2.45, 2.75) is 25.9 Å². The summed E-state index contributed by atoms with van der Waals surface area (Å²) in [5.41, 5.74) is 0.365. The van der Waals surface area contributed by atoms with Gasteiger partial charge in [-0.05, 0) is 31.9 Å². The summed E-state index contributed by atoms with van der Waals surface area (Å²) in [5.74, 6) is -1.28. The fraction of sp³-hybridized carbons (Fsp3) is 0.438. The third kappa shape index (κ3) is 3.55. The van der Waals surface area contributed by atoms with E-state index in [9.17, 15) is 9.59 Å². The molecule has 22 heavy (non-hydrogen) atoms. The van der Waals surface area contributed by atoms with Gasteiger partial charge in [-0.3, -0.25) is 9.59 Å². The maximum absolute atomic E-state index is 12.4. The molecule has 0 bridgehead atoms. The van der Waals surface area contributed by atoms with Crippen molar-refractivity contribution in [3.05, 3.63) is 29.8 Å². The lowest BCUT2D eigenvalue weighted by Gasteiger charge is -2.32. The molecule has 6 nitrogen and oxygen atoms in total. The van der Waals surface area contributed by atoms with Crippen molar-refractivity contribution in [2.75, 3.05) is 13.1 Å². The van der Waals surface area contributed by atoms with Crippen LogP contribution in [0.25, 0.3) is 0 Å². The number of amides is 1. The van der Waals surface area contributed by atoms with Crippen molar-refractivity contribution in [1.82, 2.24) is 4.90 Å². The Morgan fingerprint density at radius 3 is 2.86 bits per heavy atom. The first-order valence-corrected chi connectivity index (χ1v) is 7.20. The highest BCUT2D eigenvalue weighted by Gasteiger charge is 2.31. The minimum absolute atomic E-state index is 0.210. The van der Waals surface area contributed by atoms with E-state index in [2.05, 4.69) is 0 Å². The van der Waals surface area contributed by atoms with E-state index < -0.39 is 18.0 Å². The van der Waals surface area contributed by atoms with Gasteiger partial charge < -0.3 is 14.7 Å². The second-order valence-electron chi connectivity index (χ2n) is 5.33. The Balaban J connectivity index is 2.03. The van der Waals surface area contributed by atoms with Crippen LogP contribution in [-0.4, -0.2) is 41.1 Å². The summed E-state index contributed by atoms with van der Waals surface area (Å²) in [5, 5.41) is 18.1. The number of ether oxygens (including phenoxy) is 1. The lowest BCUT2D eigenvalue weighted by Crippen LogP contribution is -2.47. The second kappa shape index (κ2) is 6.94. The number of hydrogen-bond acceptors (Lipinski definition) is 4. The molecule has 1 aromatic rings. The molecule has 0 spiro atoms. The first kappa shape index (κ1) is 15.8. The van der Waals surface area contributed by atoms with Crippen LogP contribution in [0.15, 0.2) is 24.3 Å². The Morgan fingerprint density at radius 2 is 2.18 bits per heavy atom. The van der Waals surface area contributed by atoms with Crippen LogP contribution in [0.4, 0.5) is 0 Å². The highest BCUT2D eigenvalue weighted by molar-refractivity contribution is 5.82. The van der Waals surface area contributed by atoms with Gasteiger partial charge in [-0.25, -0.2) is 0 Å². The number of carbonyl (C=O) groups is 2. The van der Waals surface area contributed by atoms with Crippen molar-refractivity contribution < 1.29 is 19.4 Å². The maximum Gasteiger partial charge on any atom is 0.308 e.